The van der Waals surface area contributed by atoms with Crippen LogP contribution in [0.1, 0.15) is 38.5 Å². The summed E-state index contributed by atoms with van der Waals surface area (Å²) in [6.07, 6.45) is 3.71. The lowest BCUT2D eigenvalue weighted by Gasteiger charge is -2.08. The van der Waals surface area contributed by atoms with Gasteiger partial charge in [-0.15, -0.1) is 0 Å². The van der Waals surface area contributed by atoms with E-state index in [1.165, 1.54) is 7.11 Å². The van der Waals surface area contributed by atoms with Crippen LogP contribution >= 0.6 is 0 Å². The van der Waals surface area contributed by atoms with Crippen molar-refractivity contribution >= 4 is 21.7 Å². The average Bonchev–Trinajstić information content (AvgIpc) is 2.72. The fourth-order valence-electron chi connectivity index (χ4n) is 2.27. The third-order valence-electron chi connectivity index (χ3n) is 3.41. The molecule has 20 heavy (non-hydrogen) atoms. The summed E-state index contributed by atoms with van der Waals surface area (Å²) in [5, 5.41) is 2.79. The van der Waals surface area contributed by atoms with E-state index < -0.39 is 9.84 Å². The predicted octanol–water partition coefficient (Wildman–Crippen LogP) is 0.661. The van der Waals surface area contributed by atoms with Gasteiger partial charge in [0.05, 0.1) is 18.6 Å². The number of rotatable bonds is 8. The molecule has 6 nitrogen and oxygen atoms in total. The van der Waals surface area contributed by atoms with Crippen LogP contribution in [0.5, 0.6) is 0 Å². The van der Waals surface area contributed by atoms with Crippen molar-refractivity contribution in [2.75, 3.05) is 25.2 Å². The Hall–Kier alpha value is -1.11. The van der Waals surface area contributed by atoms with Crippen LogP contribution in [0.15, 0.2) is 0 Å². The third-order valence-corrected chi connectivity index (χ3v) is 5.25. The Kier molecular flexibility index (Phi) is 6.98. The van der Waals surface area contributed by atoms with Crippen molar-refractivity contribution in [3.63, 3.8) is 0 Å². The molecule has 0 aromatic carbocycles. The van der Waals surface area contributed by atoms with Crippen molar-refractivity contribution < 1.29 is 22.7 Å². The maximum atomic E-state index is 11.6. The minimum absolute atomic E-state index is 0.0284. The monoisotopic (exact) mass is 305 g/mol. The lowest BCUT2D eigenvalue weighted by Crippen LogP contribution is -2.26. The van der Waals surface area contributed by atoms with Crippen LogP contribution in [0.25, 0.3) is 0 Å². The van der Waals surface area contributed by atoms with Crippen molar-refractivity contribution in [2.24, 2.45) is 5.92 Å². The Bertz CT molecular complexity index is 432. The van der Waals surface area contributed by atoms with Gasteiger partial charge in [-0.05, 0) is 25.2 Å². The van der Waals surface area contributed by atoms with E-state index in [-0.39, 0.29) is 29.3 Å². The number of hydrogen-bond donors (Lipinski definition) is 1. The van der Waals surface area contributed by atoms with Crippen LogP contribution < -0.4 is 5.32 Å². The highest BCUT2D eigenvalue weighted by atomic mass is 32.2. The predicted molar refractivity (Wildman–Crippen MR) is 74.9 cm³/mol. The van der Waals surface area contributed by atoms with Crippen LogP contribution in [-0.4, -0.2) is 45.5 Å². The first-order chi connectivity index (χ1) is 9.43. The SMILES string of the molecule is COC(=O)CCCCCNC(=O)CC1CCS(=O)(=O)C1. The Morgan fingerprint density at radius 2 is 2.00 bits per heavy atom. The molecule has 0 saturated carbocycles. The minimum Gasteiger partial charge on any atom is -0.469 e. The number of methoxy groups -OCH3 is 1. The minimum atomic E-state index is -2.91. The molecule has 1 N–H and O–H groups in total. The molecule has 1 amide bonds. The molecule has 1 unspecified atom stereocenters. The number of esters is 1. The van der Waals surface area contributed by atoms with Gasteiger partial charge >= 0.3 is 5.97 Å². The van der Waals surface area contributed by atoms with Crippen LogP contribution in [-0.2, 0) is 24.2 Å². The van der Waals surface area contributed by atoms with Gasteiger partial charge in [-0.25, -0.2) is 8.42 Å². The summed E-state index contributed by atoms with van der Waals surface area (Å²) >= 11 is 0. The number of amides is 1. The number of nitrogens with one attached hydrogen (secondary N) is 1. The van der Waals surface area contributed by atoms with Crippen molar-refractivity contribution in [2.45, 2.75) is 38.5 Å². The molecule has 1 atom stereocenters. The van der Waals surface area contributed by atoms with Gasteiger partial charge < -0.3 is 10.1 Å². The quantitative estimate of drug-likeness (QED) is 0.525. The molecule has 1 heterocycles. The number of sulfone groups is 1. The van der Waals surface area contributed by atoms with E-state index in [0.717, 1.165) is 19.3 Å². The average molecular weight is 305 g/mol. The zero-order chi connectivity index (χ0) is 15.0. The Balaban J connectivity index is 2.02. The molecule has 0 aromatic rings. The summed E-state index contributed by atoms with van der Waals surface area (Å²) in [6.45, 7) is 0.569. The van der Waals surface area contributed by atoms with Gasteiger partial charge in [-0.2, -0.15) is 0 Å². The number of ether oxygens (including phenoxy) is 1. The summed E-state index contributed by atoms with van der Waals surface area (Å²) in [6, 6.07) is 0. The number of carbonyl (C=O) groups is 2. The van der Waals surface area contributed by atoms with Gasteiger partial charge in [0.15, 0.2) is 9.84 Å². The maximum Gasteiger partial charge on any atom is 0.305 e. The van der Waals surface area contributed by atoms with E-state index >= 15 is 0 Å². The Morgan fingerprint density at radius 3 is 2.60 bits per heavy atom. The Morgan fingerprint density at radius 1 is 1.25 bits per heavy atom. The standard InChI is InChI=1S/C13H23NO5S/c1-19-13(16)5-3-2-4-7-14-12(15)9-11-6-8-20(17,18)10-11/h11H,2-10H2,1H3,(H,14,15). The molecule has 1 aliphatic heterocycles. The van der Waals surface area contributed by atoms with Crippen LogP contribution in [0.3, 0.4) is 0 Å². The summed E-state index contributed by atoms with van der Waals surface area (Å²) < 4.78 is 27.1. The molecule has 1 fully saturated rings. The molecule has 0 aliphatic carbocycles. The molecule has 116 valence electrons. The molecule has 1 saturated heterocycles. The second kappa shape index (κ2) is 8.24. The smallest absolute Gasteiger partial charge is 0.305 e. The second-order valence-corrected chi connectivity index (χ2v) is 7.44. The summed E-state index contributed by atoms with van der Waals surface area (Å²) in [4.78, 5) is 22.5. The highest BCUT2D eigenvalue weighted by Crippen LogP contribution is 2.21. The van der Waals surface area contributed by atoms with E-state index in [0.29, 0.717) is 25.8 Å². The molecular formula is C13H23NO5S. The largest absolute Gasteiger partial charge is 0.469 e. The van der Waals surface area contributed by atoms with Crippen LogP contribution in [0.4, 0.5) is 0 Å². The van der Waals surface area contributed by atoms with Gasteiger partial charge in [0.1, 0.15) is 0 Å². The second-order valence-electron chi connectivity index (χ2n) is 5.21. The van der Waals surface area contributed by atoms with Crippen molar-refractivity contribution in [3.8, 4) is 0 Å². The van der Waals surface area contributed by atoms with Gasteiger partial charge in [-0.1, -0.05) is 6.42 Å². The first-order valence-electron chi connectivity index (χ1n) is 6.97. The van der Waals surface area contributed by atoms with E-state index in [9.17, 15) is 18.0 Å². The highest BCUT2D eigenvalue weighted by molar-refractivity contribution is 7.91. The fraction of sp³-hybridized carbons (Fsp3) is 0.846. The van der Waals surface area contributed by atoms with Gasteiger partial charge in [0, 0.05) is 19.4 Å². The maximum absolute atomic E-state index is 11.6. The van der Waals surface area contributed by atoms with Gasteiger partial charge in [-0.3, -0.25) is 9.59 Å². The molecule has 1 rings (SSSR count). The van der Waals surface area contributed by atoms with Crippen molar-refractivity contribution in [1.82, 2.24) is 5.32 Å². The lowest BCUT2D eigenvalue weighted by molar-refractivity contribution is -0.140. The lowest BCUT2D eigenvalue weighted by atomic mass is 10.1. The molecule has 0 radical (unpaired) electrons. The van der Waals surface area contributed by atoms with E-state index in [2.05, 4.69) is 10.1 Å². The zero-order valence-electron chi connectivity index (χ0n) is 11.9. The van der Waals surface area contributed by atoms with Crippen LogP contribution in [0.2, 0.25) is 0 Å². The van der Waals surface area contributed by atoms with Gasteiger partial charge in [0.2, 0.25) is 5.91 Å². The van der Waals surface area contributed by atoms with Crippen molar-refractivity contribution in [3.05, 3.63) is 0 Å². The molecule has 0 aromatic heterocycles. The molecule has 0 bridgehead atoms. The number of unbranched alkanes of at least 4 members (excludes halogenated alkanes) is 2. The van der Waals surface area contributed by atoms with Crippen LogP contribution in [0, 0.1) is 5.92 Å². The first-order valence-corrected chi connectivity index (χ1v) is 8.79. The fourth-order valence-corrected chi connectivity index (χ4v) is 4.13. The van der Waals surface area contributed by atoms with E-state index in [1.807, 2.05) is 0 Å². The number of hydrogen-bond acceptors (Lipinski definition) is 5. The molecule has 1 aliphatic rings. The molecular weight excluding hydrogens is 282 g/mol. The van der Waals surface area contributed by atoms with Gasteiger partial charge in [0.25, 0.3) is 0 Å². The summed E-state index contributed by atoms with van der Waals surface area (Å²) in [7, 11) is -1.54. The first kappa shape index (κ1) is 16.9. The molecule has 0 spiro atoms. The Labute approximate surface area is 120 Å². The summed E-state index contributed by atoms with van der Waals surface area (Å²) in [5.41, 5.74) is 0. The topological polar surface area (TPSA) is 89.5 Å². The van der Waals surface area contributed by atoms with E-state index in [4.69, 9.17) is 0 Å². The number of carbonyl (C=O) groups excluding carboxylic acids is 2. The zero-order valence-corrected chi connectivity index (χ0v) is 12.7. The molecule has 7 heteroatoms. The third kappa shape index (κ3) is 6.88. The van der Waals surface area contributed by atoms with E-state index in [1.54, 1.807) is 0 Å². The summed E-state index contributed by atoms with van der Waals surface area (Å²) in [5.74, 6) is 0.0220. The highest BCUT2D eigenvalue weighted by Gasteiger charge is 2.29. The van der Waals surface area contributed by atoms with Crippen molar-refractivity contribution in [1.29, 1.82) is 0 Å². The normalized spacial score (nSPS) is 20.6.